The average molecular weight is 219 g/mol. The van der Waals surface area contributed by atoms with Gasteiger partial charge in [-0.15, -0.1) is 0 Å². The third kappa shape index (κ3) is 9.65. The Morgan fingerprint density at radius 1 is 1.47 bits per heavy atom. The van der Waals surface area contributed by atoms with Crippen LogP contribution in [-0.4, -0.2) is 36.9 Å². The number of carbonyl (C=O) groups is 1. The van der Waals surface area contributed by atoms with Crippen molar-refractivity contribution < 1.29 is 19.5 Å². The highest BCUT2D eigenvalue weighted by Gasteiger charge is 2.11. The van der Waals surface area contributed by atoms with Crippen LogP contribution in [-0.2, 0) is 14.4 Å². The van der Waals surface area contributed by atoms with Gasteiger partial charge in [0.25, 0.3) is 0 Å². The van der Waals surface area contributed by atoms with Crippen molar-refractivity contribution in [2.75, 3.05) is 19.8 Å². The van der Waals surface area contributed by atoms with Gasteiger partial charge >= 0.3 is 5.97 Å². The molecule has 0 aromatic heterocycles. The lowest BCUT2D eigenvalue weighted by molar-refractivity contribution is -0.145. The summed E-state index contributed by atoms with van der Waals surface area (Å²) in [5.41, 5.74) is 2.61. The molecule has 2 N–H and O–H groups in total. The van der Waals surface area contributed by atoms with Crippen molar-refractivity contribution in [3.05, 3.63) is 0 Å². The number of carbonyl (C=O) groups excluding carboxylic acids is 1. The first-order valence-electron chi connectivity index (χ1n) is 5.24. The largest absolute Gasteiger partial charge is 0.466 e. The van der Waals surface area contributed by atoms with E-state index in [2.05, 4.69) is 10.2 Å². The number of nitrogens with one attached hydrogen (secondary N) is 1. The first-order valence-corrected chi connectivity index (χ1v) is 5.24. The molecule has 0 fully saturated rings. The third-order valence-electron chi connectivity index (χ3n) is 1.55. The molecule has 0 heterocycles. The maximum atomic E-state index is 10.9. The molecular weight excluding hydrogens is 198 g/mol. The second-order valence-corrected chi connectivity index (χ2v) is 3.72. The number of rotatable bonds is 8. The number of aliphatic hydroxyl groups is 1. The normalized spacial score (nSPS) is 12.9. The Hall–Kier alpha value is -0.650. The molecule has 0 saturated heterocycles. The van der Waals surface area contributed by atoms with Crippen LogP contribution in [0.3, 0.4) is 0 Å². The molecule has 5 nitrogen and oxygen atoms in total. The van der Waals surface area contributed by atoms with Crippen LogP contribution in [0.15, 0.2) is 0 Å². The van der Waals surface area contributed by atoms with E-state index in [9.17, 15) is 9.90 Å². The van der Waals surface area contributed by atoms with Crippen molar-refractivity contribution in [2.45, 2.75) is 33.3 Å². The summed E-state index contributed by atoms with van der Waals surface area (Å²) in [7, 11) is 0. The fraction of sp³-hybridized carbons (Fsp3) is 0.900. The van der Waals surface area contributed by atoms with E-state index in [-0.39, 0.29) is 13.0 Å². The van der Waals surface area contributed by atoms with Crippen molar-refractivity contribution >= 4 is 5.97 Å². The summed E-state index contributed by atoms with van der Waals surface area (Å²) in [6.45, 7) is 6.92. The van der Waals surface area contributed by atoms with Crippen molar-refractivity contribution in [2.24, 2.45) is 5.92 Å². The molecule has 90 valence electrons. The Labute approximate surface area is 90.7 Å². The van der Waals surface area contributed by atoms with Gasteiger partial charge in [0.15, 0.2) is 0 Å². The number of hydrogen-bond donors (Lipinski definition) is 2. The minimum absolute atomic E-state index is 0.00806. The molecule has 0 rings (SSSR count). The first kappa shape index (κ1) is 14.3. The average Bonchev–Trinajstić information content (AvgIpc) is 2.12. The van der Waals surface area contributed by atoms with Crippen LogP contribution in [0.4, 0.5) is 0 Å². The van der Waals surface area contributed by atoms with Crippen LogP contribution < -0.4 is 5.48 Å². The summed E-state index contributed by atoms with van der Waals surface area (Å²) in [6.07, 6.45) is -0.775. The molecule has 1 atom stereocenters. The van der Waals surface area contributed by atoms with Gasteiger partial charge in [0.05, 0.1) is 25.7 Å². The molecule has 0 aliphatic heterocycles. The lowest BCUT2D eigenvalue weighted by Crippen LogP contribution is -2.30. The van der Waals surface area contributed by atoms with Crippen LogP contribution in [0.2, 0.25) is 0 Å². The van der Waals surface area contributed by atoms with Gasteiger partial charge < -0.3 is 14.7 Å². The Balaban J connectivity index is 3.40. The summed E-state index contributed by atoms with van der Waals surface area (Å²) in [5, 5.41) is 9.37. The predicted octanol–water partition coefficient (Wildman–Crippen LogP) is 0.478. The Morgan fingerprint density at radius 3 is 2.67 bits per heavy atom. The Kier molecular flexibility index (Phi) is 8.27. The number of hydroxylamine groups is 1. The van der Waals surface area contributed by atoms with Crippen molar-refractivity contribution in [3.8, 4) is 0 Å². The third-order valence-corrected chi connectivity index (χ3v) is 1.55. The quantitative estimate of drug-likeness (QED) is 0.353. The van der Waals surface area contributed by atoms with Crippen molar-refractivity contribution in [1.29, 1.82) is 0 Å². The molecule has 0 bridgehead atoms. The standard InChI is InChI=1S/C10H21NO4/c1-4-14-10(13)5-9(12)6-11-15-7-8(2)3/h8-9,11-12H,4-7H2,1-3H3. The molecule has 0 aromatic carbocycles. The zero-order valence-electron chi connectivity index (χ0n) is 9.66. The van der Waals surface area contributed by atoms with Crippen LogP contribution in [0.1, 0.15) is 27.2 Å². The van der Waals surface area contributed by atoms with Crippen LogP contribution >= 0.6 is 0 Å². The maximum absolute atomic E-state index is 10.9. The number of ether oxygens (including phenoxy) is 1. The fourth-order valence-corrected chi connectivity index (χ4v) is 0.865. The molecule has 0 amide bonds. The van der Waals surface area contributed by atoms with Gasteiger partial charge in [-0.3, -0.25) is 4.79 Å². The monoisotopic (exact) mass is 219 g/mol. The number of aliphatic hydroxyl groups excluding tert-OH is 1. The van der Waals surface area contributed by atoms with E-state index in [0.717, 1.165) is 0 Å². The summed E-state index contributed by atoms with van der Waals surface area (Å²) in [5.74, 6) is 0.0374. The molecule has 0 saturated carbocycles. The lowest BCUT2D eigenvalue weighted by atomic mass is 10.2. The van der Waals surface area contributed by atoms with Crippen LogP contribution in [0.5, 0.6) is 0 Å². The van der Waals surface area contributed by atoms with Gasteiger partial charge in [-0.1, -0.05) is 13.8 Å². The molecule has 15 heavy (non-hydrogen) atoms. The van der Waals surface area contributed by atoms with Crippen LogP contribution in [0.25, 0.3) is 0 Å². The van der Waals surface area contributed by atoms with E-state index in [1.807, 2.05) is 13.8 Å². The topological polar surface area (TPSA) is 67.8 Å². The summed E-state index contributed by atoms with van der Waals surface area (Å²) < 4.78 is 4.69. The summed E-state index contributed by atoms with van der Waals surface area (Å²) >= 11 is 0. The minimum atomic E-state index is -0.767. The van der Waals surface area contributed by atoms with Gasteiger partial charge in [-0.25, -0.2) is 0 Å². The molecule has 0 radical (unpaired) electrons. The highest BCUT2D eigenvalue weighted by Crippen LogP contribution is 1.94. The van der Waals surface area contributed by atoms with E-state index in [1.54, 1.807) is 6.92 Å². The zero-order chi connectivity index (χ0) is 11.7. The maximum Gasteiger partial charge on any atom is 0.308 e. The minimum Gasteiger partial charge on any atom is -0.466 e. The Morgan fingerprint density at radius 2 is 2.13 bits per heavy atom. The van der Waals surface area contributed by atoms with E-state index < -0.39 is 12.1 Å². The highest BCUT2D eigenvalue weighted by molar-refractivity contribution is 5.69. The van der Waals surface area contributed by atoms with Crippen molar-refractivity contribution in [1.82, 2.24) is 5.48 Å². The van der Waals surface area contributed by atoms with E-state index in [1.165, 1.54) is 0 Å². The lowest BCUT2D eigenvalue weighted by Gasteiger charge is -2.12. The van der Waals surface area contributed by atoms with E-state index in [4.69, 9.17) is 4.84 Å². The SMILES string of the molecule is CCOC(=O)CC(O)CNOCC(C)C. The van der Waals surface area contributed by atoms with Crippen LogP contribution in [0, 0.1) is 5.92 Å². The molecule has 1 unspecified atom stereocenters. The molecule has 5 heteroatoms. The first-order chi connectivity index (χ1) is 7.06. The fourth-order valence-electron chi connectivity index (χ4n) is 0.865. The van der Waals surface area contributed by atoms with Crippen molar-refractivity contribution in [3.63, 3.8) is 0 Å². The highest BCUT2D eigenvalue weighted by atomic mass is 16.6. The Bertz CT molecular complexity index is 173. The van der Waals surface area contributed by atoms with Gasteiger partial charge in [-0.05, 0) is 12.8 Å². The zero-order valence-corrected chi connectivity index (χ0v) is 9.66. The summed E-state index contributed by atoms with van der Waals surface area (Å²) in [6, 6.07) is 0. The predicted molar refractivity (Wildman–Crippen MR) is 56.0 cm³/mol. The molecule has 0 spiro atoms. The van der Waals surface area contributed by atoms with Gasteiger partial charge in [0.1, 0.15) is 0 Å². The van der Waals surface area contributed by atoms with Gasteiger partial charge in [0, 0.05) is 6.54 Å². The molecular formula is C10H21NO4. The van der Waals surface area contributed by atoms with E-state index >= 15 is 0 Å². The smallest absolute Gasteiger partial charge is 0.308 e. The van der Waals surface area contributed by atoms with Gasteiger partial charge in [0.2, 0.25) is 0 Å². The number of hydrogen-bond acceptors (Lipinski definition) is 5. The van der Waals surface area contributed by atoms with Gasteiger partial charge in [-0.2, -0.15) is 5.48 Å². The molecule has 0 aliphatic rings. The van der Waals surface area contributed by atoms with E-state index in [0.29, 0.717) is 19.1 Å². The second kappa shape index (κ2) is 8.64. The molecule has 0 aliphatic carbocycles. The molecule has 0 aromatic rings. The number of esters is 1. The summed E-state index contributed by atoms with van der Waals surface area (Å²) in [4.78, 5) is 16.0. The second-order valence-electron chi connectivity index (χ2n) is 3.72.